The van der Waals surface area contributed by atoms with Gasteiger partial charge in [-0.1, -0.05) is 59.8 Å². The summed E-state index contributed by atoms with van der Waals surface area (Å²) in [6.45, 7) is 3.20. The van der Waals surface area contributed by atoms with Gasteiger partial charge in [-0.2, -0.15) is 0 Å². The van der Waals surface area contributed by atoms with E-state index in [-0.39, 0.29) is 0 Å². The molecular weight excluding hydrogens is 286 g/mol. The van der Waals surface area contributed by atoms with Crippen LogP contribution in [0.1, 0.15) is 19.4 Å². The zero-order valence-electron chi connectivity index (χ0n) is 13.0. The zero-order chi connectivity index (χ0) is 16.0. The molecule has 0 amide bonds. The number of fused-ring (bicyclic) bond motifs is 3. The molecule has 0 atom stereocenters. The summed E-state index contributed by atoms with van der Waals surface area (Å²) in [5, 5.41) is 6.31. The van der Waals surface area contributed by atoms with E-state index in [0.29, 0.717) is 5.71 Å². The molecule has 0 bridgehead atoms. The van der Waals surface area contributed by atoms with E-state index in [1.807, 2.05) is 13.0 Å². The average molecular weight is 301 g/mol. The molecule has 0 heterocycles. The maximum absolute atomic E-state index is 11.0. The molecule has 0 radical (unpaired) electrons. The number of carbonyl (C=O) groups excluding carboxylic acids is 1. The van der Waals surface area contributed by atoms with Crippen molar-refractivity contribution >= 4 is 22.5 Å². The third kappa shape index (κ3) is 2.05. The molecule has 23 heavy (non-hydrogen) atoms. The van der Waals surface area contributed by atoms with Gasteiger partial charge in [0, 0.05) is 12.5 Å². The molecule has 0 aliphatic heterocycles. The molecule has 0 spiro atoms. The molecule has 0 fully saturated rings. The van der Waals surface area contributed by atoms with E-state index in [9.17, 15) is 4.79 Å². The summed E-state index contributed by atoms with van der Waals surface area (Å²) in [5.41, 5.74) is 6.70. The Morgan fingerprint density at radius 1 is 0.826 bits per heavy atom. The first-order valence-corrected chi connectivity index (χ1v) is 7.55. The van der Waals surface area contributed by atoms with Crippen molar-refractivity contribution in [3.63, 3.8) is 0 Å². The van der Waals surface area contributed by atoms with Gasteiger partial charge in [0.05, 0.1) is 5.71 Å². The monoisotopic (exact) mass is 301 g/mol. The van der Waals surface area contributed by atoms with E-state index in [1.165, 1.54) is 34.6 Å². The van der Waals surface area contributed by atoms with Crippen LogP contribution in [0.15, 0.2) is 59.8 Å². The summed E-state index contributed by atoms with van der Waals surface area (Å²) in [6, 6.07) is 18.9. The normalized spacial score (nSPS) is 12.3. The Balaban J connectivity index is 1.98. The van der Waals surface area contributed by atoms with Crippen LogP contribution in [-0.2, 0) is 9.63 Å². The number of oxime groups is 1. The number of nitrogens with zero attached hydrogens (tertiary/aromatic N) is 1. The second kappa shape index (κ2) is 5.06. The van der Waals surface area contributed by atoms with Crippen molar-refractivity contribution in [1.29, 1.82) is 0 Å². The van der Waals surface area contributed by atoms with Crippen molar-refractivity contribution in [2.24, 2.45) is 5.16 Å². The lowest BCUT2D eigenvalue weighted by molar-refractivity contribution is -0.140. The quantitative estimate of drug-likeness (QED) is 0.304. The van der Waals surface area contributed by atoms with Crippen molar-refractivity contribution in [3.8, 4) is 22.3 Å². The highest BCUT2D eigenvalue weighted by Crippen LogP contribution is 2.47. The predicted octanol–water partition coefficient (Wildman–Crippen LogP) is 4.77. The highest BCUT2D eigenvalue weighted by atomic mass is 16.7. The molecule has 3 heteroatoms. The molecule has 4 rings (SSSR count). The van der Waals surface area contributed by atoms with Crippen molar-refractivity contribution in [2.75, 3.05) is 0 Å². The molecule has 112 valence electrons. The zero-order valence-corrected chi connectivity index (χ0v) is 13.0. The largest absolute Gasteiger partial charge is 0.331 e. The Labute approximate surface area is 134 Å². The molecule has 0 saturated carbocycles. The smallest absolute Gasteiger partial charge is 0.318 e. The molecule has 0 unspecified atom stereocenters. The highest BCUT2D eigenvalue weighted by Gasteiger charge is 2.22. The van der Waals surface area contributed by atoms with E-state index in [1.54, 1.807) is 0 Å². The summed E-state index contributed by atoms with van der Waals surface area (Å²) in [7, 11) is 0. The fourth-order valence-corrected chi connectivity index (χ4v) is 3.31. The third-order valence-electron chi connectivity index (χ3n) is 4.25. The second-order valence-corrected chi connectivity index (χ2v) is 5.69. The fourth-order valence-electron chi connectivity index (χ4n) is 3.31. The van der Waals surface area contributed by atoms with E-state index < -0.39 is 5.97 Å². The van der Waals surface area contributed by atoms with Gasteiger partial charge in [0.2, 0.25) is 0 Å². The summed E-state index contributed by atoms with van der Waals surface area (Å²) in [6.07, 6.45) is 0. The minimum Gasteiger partial charge on any atom is -0.318 e. The van der Waals surface area contributed by atoms with E-state index >= 15 is 0 Å². The molecule has 0 aromatic heterocycles. The minimum atomic E-state index is -0.414. The van der Waals surface area contributed by atoms with Gasteiger partial charge in [0.15, 0.2) is 0 Å². The van der Waals surface area contributed by atoms with Gasteiger partial charge in [0.1, 0.15) is 0 Å². The lowest BCUT2D eigenvalue weighted by Gasteiger charge is -2.08. The van der Waals surface area contributed by atoms with Crippen LogP contribution < -0.4 is 0 Å². The van der Waals surface area contributed by atoms with Gasteiger partial charge in [-0.05, 0) is 39.9 Å². The van der Waals surface area contributed by atoms with Crippen molar-refractivity contribution in [3.05, 3.63) is 60.2 Å². The number of benzene rings is 3. The van der Waals surface area contributed by atoms with Crippen LogP contribution in [0.4, 0.5) is 0 Å². The van der Waals surface area contributed by atoms with E-state index in [0.717, 1.165) is 10.9 Å². The lowest BCUT2D eigenvalue weighted by atomic mass is 9.96. The Morgan fingerprint density at radius 2 is 1.48 bits per heavy atom. The predicted molar refractivity (Wildman–Crippen MR) is 92.4 cm³/mol. The number of hydrogen-bond donors (Lipinski definition) is 0. The van der Waals surface area contributed by atoms with Crippen molar-refractivity contribution in [1.82, 2.24) is 0 Å². The van der Waals surface area contributed by atoms with Crippen LogP contribution in [0.5, 0.6) is 0 Å². The Kier molecular flexibility index (Phi) is 3.01. The molecular formula is C20H15NO2. The Morgan fingerprint density at radius 3 is 2.17 bits per heavy atom. The number of hydrogen-bond acceptors (Lipinski definition) is 3. The maximum Gasteiger partial charge on any atom is 0.331 e. The van der Waals surface area contributed by atoms with Crippen molar-refractivity contribution < 1.29 is 9.63 Å². The highest BCUT2D eigenvalue weighted by molar-refractivity contribution is 6.21. The van der Waals surface area contributed by atoms with Crippen LogP contribution in [-0.4, -0.2) is 11.7 Å². The molecule has 1 aliphatic carbocycles. The third-order valence-corrected chi connectivity index (χ3v) is 4.25. The number of rotatable bonds is 2. The van der Waals surface area contributed by atoms with Crippen LogP contribution in [0.25, 0.3) is 33.0 Å². The first kappa shape index (κ1) is 13.7. The first-order chi connectivity index (χ1) is 11.2. The summed E-state index contributed by atoms with van der Waals surface area (Å²) >= 11 is 0. The standard InChI is InChI=1S/C20H15NO2/c1-12(21-23-13(2)22)14-10-11-19-16-7-4-3-6-15(16)18-9-5-8-17(14)20(18)19/h3-11H,1-2H3/b21-12-. The topological polar surface area (TPSA) is 38.7 Å². The van der Waals surface area contributed by atoms with Gasteiger partial charge < -0.3 is 4.84 Å². The van der Waals surface area contributed by atoms with Gasteiger partial charge in [0.25, 0.3) is 0 Å². The van der Waals surface area contributed by atoms with E-state index in [4.69, 9.17) is 4.84 Å². The SMILES string of the molecule is CC(=O)O/N=C(/C)c1ccc2c3c(cccc13)-c1ccccc1-2. The van der Waals surface area contributed by atoms with Gasteiger partial charge in [-0.15, -0.1) is 0 Å². The van der Waals surface area contributed by atoms with Crippen LogP contribution >= 0.6 is 0 Å². The fraction of sp³-hybridized carbons (Fsp3) is 0.100. The van der Waals surface area contributed by atoms with Crippen LogP contribution in [0.3, 0.4) is 0 Å². The minimum absolute atomic E-state index is 0.414. The molecule has 0 N–H and O–H groups in total. The van der Waals surface area contributed by atoms with Crippen molar-refractivity contribution in [2.45, 2.75) is 13.8 Å². The summed E-state index contributed by atoms with van der Waals surface area (Å²) in [4.78, 5) is 15.8. The average Bonchev–Trinajstić information content (AvgIpc) is 2.90. The first-order valence-electron chi connectivity index (χ1n) is 7.55. The van der Waals surface area contributed by atoms with Gasteiger partial charge in [-0.3, -0.25) is 0 Å². The van der Waals surface area contributed by atoms with E-state index in [2.05, 4.69) is 53.7 Å². The summed E-state index contributed by atoms with van der Waals surface area (Å²) < 4.78 is 0. The Bertz CT molecular complexity index is 957. The molecule has 0 saturated heterocycles. The molecule has 3 nitrogen and oxygen atoms in total. The van der Waals surface area contributed by atoms with Gasteiger partial charge >= 0.3 is 5.97 Å². The number of carbonyl (C=O) groups is 1. The Hall–Kier alpha value is -2.94. The molecule has 3 aromatic rings. The van der Waals surface area contributed by atoms with Gasteiger partial charge in [-0.25, -0.2) is 4.79 Å². The van der Waals surface area contributed by atoms with Crippen LogP contribution in [0, 0.1) is 0 Å². The molecule has 1 aliphatic rings. The summed E-state index contributed by atoms with van der Waals surface area (Å²) in [5.74, 6) is -0.414. The molecule has 3 aromatic carbocycles. The van der Waals surface area contributed by atoms with Crippen LogP contribution in [0.2, 0.25) is 0 Å². The maximum atomic E-state index is 11.0. The lowest BCUT2D eigenvalue weighted by Crippen LogP contribution is -2.00. The second-order valence-electron chi connectivity index (χ2n) is 5.69.